The van der Waals surface area contributed by atoms with Gasteiger partial charge in [-0.15, -0.1) is 0 Å². The van der Waals surface area contributed by atoms with Gasteiger partial charge in [-0.1, -0.05) is 36.4 Å². The van der Waals surface area contributed by atoms with Crippen molar-refractivity contribution in [3.8, 4) is 0 Å². The van der Waals surface area contributed by atoms with Crippen LogP contribution in [-0.2, 0) is 6.54 Å². The molecular weight excluding hydrogens is 303 g/mol. The summed E-state index contributed by atoms with van der Waals surface area (Å²) in [7, 11) is 0. The van der Waals surface area contributed by atoms with Crippen molar-refractivity contribution in [2.24, 2.45) is 0 Å². The Morgan fingerprint density at radius 3 is 2.46 bits per heavy atom. The van der Waals surface area contributed by atoms with Crippen molar-refractivity contribution in [2.45, 2.75) is 6.54 Å². The minimum atomic E-state index is -0.293. The van der Waals surface area contributed by atoms with Crippen LogP contribution in [0.4, 0.5) is 10.2 Å². The quantitative estimate of drug-likeness (QED) is 0.742. The minimum absolute atomic E-state index is 0.293. The molecule has 0 unspecified atom stereocenters. The molecule has 0 atom stereocenters. The summed E-state index contributed by atoms with van der Waals surface area (Å²) in [5.74, 6) is 0.540. The number of benzene rings is 2. The predicted molar refractivity (Wildman–Crippen MR) is 93.4 cm³/mol. The standard InChI is InChI=1S/C19H19FN4/c20-17-8-4-7-16-18(17)21-14-22-19(16)24-11-9-23(10-12-24)13-15-5-2-1-3-6-15/h1-8,14H,9-13H2. The van der Waals surface area contributed by atoms with E-state index in [0.29, 0.717) is 5.52 Å². The molecule has 0 spiro atoms. The molecule has 2 aromatic carbocycles. The number of hydrogen-bond acceptors (Lipinski definition) is 4. The van der Waals surface area contributed by atoms with E-state index in [0.717, 1.165) is 43.9 Å². The zero-order chi connectivity index (χ0) is 16.4. The molecule has 0 amide bonds. The number of halogens is 1. The predicted octanol–water partition coefficient (Wildman–Crippen LogP) is 3.09. The zero-order valence-electron chi connectivity index (χ0n) is 13.4. The number of piperazine rings is 1. The molecular formula is C19H19FN4. The Bertz CT molecular complexity index is 829. The van der Waals surface area contributed by atoms with Crippen LogP contribution in [0.1, 0.15) is 5.56 Å². The van der Waals surface area contributed by atoms with Crippen LogP contribution in [0, 0.1) is 5.82 Å². The molecule has 1 saturated heterocycles. The van der Waals surface area contributed by atoms with Gasteiger partial charge in [0.15, 0.2) is 0 Å². The highest BCUT2D eigenvalue weighted by Gasteiger charge is 2.20. The van der Waals surface area contributed by atoms with Crippen molar-refractivity contribution in [1.82, 2.24) is 14.9 Å². The molecule has 4 nitrogen and oxygen atoms in total. The first kappa shape index (κ1) is 15.0. The lowest BCUT2D eigenvalue weighted by Crippen LogP contribution is -2.46. The van der Waals surface area contributed by atoms with E-state index in [1.54, 1.807) is 6.07 Å². The average Bonchev–Trinajstić information content (AvgIpc) is 2.63. The number of anilines is 1. The van der Waals surface area contributed by atoms with Gasteiger partial charge in [0.25, 0.3) is 0 Å². The molecule has 1 aromatic heterocycles. The van der Waals surface area contributed by atoms with Crippen molar-refractivity contribution in [3.63, 3.8) is 0 Å². The Morgan fingerprint density at radius 2 is 1.67 bits per heavy atom. The van der Waals surface area contributed by atoms with Gasteiger partial charge in [-0.25, -0.2) is 14.4 Å². The number of aromatic nitrogens is 2. The molecule has 3 aromatic rings. The molecule has 122 valence electrons. The molecule has 2 heterocycles. The molecule has 0 aliphatic carbocycles. The minimum Gasteiger partial charge on any atom is -0.353 e. The van der Waals surface area contributed by atoms with E-state index in [9.17, 15) is 4.39 Å². The monoisotopic (exact) mass is 322 g/mol. The topological polar surface area (TPSA) is 32.3 Å². The lowest BCUT2D eigenvalue weighted by molar-refractivity contribution is 0.249. The average molecular weight is 322 g/mol. The van der Waals surface area contributed by atoms with Crippen LogP contribution in [0.3, 0.4) is 0 Å². The molecule has 0 bridgehead atoms. The van der Waals surface area contributed by atoms with Gasteiger partial charge < -0.3 is 4.90 Å². The maximum Gasteiger partial charge on any atom is 0.149 e. The van der Waals surface area contributed by atoms with Crippen molar-refractivity contribution in [1.29, 1.82) is 0 Å². The van der Waals surface area contributed by atoms with Crippen LogP contribution in [-0.4, -0.2) is 41.0 Å². The summed E-state index contributed by atoms with van der Waals surface area (Å²) >= 11 is 0. The van der Waals surface area contributed by atoms with Crippen molar-refractivity contribution in [3.05, 3.63) is 66.2 Å². The van der Waals surface area contributed by atoms with Crippen LogP contribution < -0.4 is 4.90 Å². The van der Waals surface area contributed by atoms with Gasteiger partial charge in [0.2, 0.25) is 0 Å². The summed E-state index contributed by atoms with van der Waals surface area (Å²) < 4.78 is 13.9. The highest BCUT2D eigenvalue weighted by Crippen LogP contribution is 2.25. The van der Waals surface area contributed by atoms with Gasteiger partial charge in [0, 0.05) is 38.1 Å². The Labute approximate surface area is 140 Å². The Balaban J connectivity index is 1.49. The van der Waals surface area contributed by atoms with E-state index >= 15 is 0 Å². The molecule has 1 fully saturated rings. The second kappa shape index (κ2) is 6.53. The fourth-order valence-corrected chi connectivity index (χ4v) is 3.25. The summed E-state index contributed by atoms with van der Waals surface area (Å²) in [6.45, 7) is 4.67. The molecule has 0 saturated carbocycles. The maximum atomic E-state index is 13.9. The lowest BCUT2D eigenvalue weighted by atomic mass is 10.2. The van der Waals surface area contributed by atoms with Crippen LogP contribution in [0.5, 0.6) is 0 Å². The SMILES string of the molecule is Fc1cccc2c(N3CCN(Cc4ccccc4)CC3)ncnc12. The Kier molecular flexibility index (Phi) is 4.09. The summed E-state index contributed by atoms with van der Waals surface area (Å²) in [6.07, 6.45) is 1.46. The van der Waals surface area contributed by atoms with Crippen LogP contribution >= 0.6 is 0 Å². The second-order valence-corrected chi connectivity index (χ2v) is 6.08. The highest BCUT2D eigenvalue weighted by molar-refractivity contribution is 5.89. The number of rotatable bonds is 3. The Hall–Kier alpha value is -2.53. The first-order valence-corrected chi connectivity index (χ1v) is 8.22. The molecule has 1 aliphatic heterocycles. The highest BCUT2D eigenvalue weighted by atomic mass is 19.1. The normalized spacial score (nSPS) is 15.8. The van der Waals surface area contributed by atoms with E-state index in [1.807, 2.05) is 12.1 Å². The number of hydrogen-bond donors (Lipinski definition) is 0. The fraction of sp³-hybridized carbons (Fsp3) is 0.263. The van der Waals surface area contributed by atoms with E-state index in [4.69, 9.17) is 0 Å². The Morgan fingerprint density at radius 1 is 0.875 bits per heavy atom. The van der Waals surface area contributed by atoms with E-state index in [-0.39, 0.29) is 5.82 Å². The number of fused-ring (bicyclic) bond motifs is 1. The van der Waals surface area contributed by atoms with Gasteiger partial charge >= 0.3 is 0 Å². The molecule has 0 radical (unpaired) electrons. The van der Waals surface area contributed by atoms with Gasteiger partial charge in [-0.2, -0.15) is 0 Å². The van der Waals surface area contributed by atoms with Gasteiger partial charge in [-0.3, -0.25) is 4.90 Å². The maximum absolute atomic E-state index is 13.9. The second-order valence-electron chi connectivity index (χ2n) is 6.08. The molecule has 1 aliphatic rings. The van der Waals surface area contributed by atoms with E-state index in [2.05, 4.69) is 44.0 Å². The van der Waals surface area contributed by atoms with Crippen molar-refractivity contribution < 1.29 is 4.39 Å². The zero-order valence-corrected chi connectivity index (χ0v) is 13.4. The summed E-state index contributed by atoms with van der Waals surface area (Å²) in [4.78, 5) is 13.2. The number of para-hydroxylation sites is 1. The molecule has 0 N–H and O–H groups in total. The molecule has 24 heavy (non-hydrogen) atoms. The molecule has 4 rings (SSSR count). The summed E-state index contributed by atoms with van der Waals surface area (Å²) in [6, 6.07) is 15.6. The third-order valence-corrected chi connectivity index (χ3v) is 4.52. The first-order valence-electron chi connectivity index (χ1n) is 8.22. The first-order chi connectivity index (χ1) is 11.8. The smallest absolute Gasteiger partial charge is 0.149 e. The van der Waals surface area contributed by atoms with Gasteiger partial charge in [0.1, 0.15) is 23.5 Å². The van der Waals surface area contributed by atoms with Crippen LogP contribution in [0.2, 0.25) is 0 Å². The summed E-state index contributed by atoms with van der Waals surface area (Å²) in [5.41, 5.74) is 1.73. The van der Waals surface area contributed by atoms with E-state index in [1.165, 1.54) is 18.0 Å². The summed E-state index contributed by atoms with van der Waals surface area (Å²) in [5, 5.41) is 0.786. The van der Waals surface area contributed by atoms with Crippen LogP contribution in [0.15, 0.2) is 54.9 Å². The van der Waals surface area contributed by atoms with Crippen LogP contribution in [0.25, 0.3) is 10.9 Å². The largest absolute Gasteiger partial charge is 0.353 e. The van der Waals surface area contributed by atoms with E-state index < -0.39 is 0 Å². The van der Waals surface area contributed by atoms with Crippen molar-refractivity contribution >= 4 is 16.7 Å². The third kappa shape index (κ3) is 2.95. The molecule has 5 heteroatoms. The van der Waals surface area contributed by atoms with Gasteiger partial charge in [0.05, 0.1) is 0 Å². The van der Waals surface area contributed by atoms with Crippen molar-refractivity contribution in [2.75, 3.05) is 31.1 Å². The van der Waals surface area contributed by atoms with Gasteiger partial charge in [-0.05, 0) is 17.7 Å². The third-order valence-electron chi connectivity index (χ3n) is 4.52. The lowest BCUT2D eigenvalue weighted by Gasteiger charge is -2.35. The fourth-order valence-electron chi connectivity index (χ4n) is 3.25. The number of nitrogens with zero attached hydrogens (tertiary/aromatic N) is 4.